The summed E-state index contributed by atoms with van der Waals surface area (Å²) in [5.74, 6) is 1.41. The number of sulfonamides is 1. The zero-order valence-electron chi connectivity index (χ0n) is 16.4. The number of benzene rings is 2. The molecule has 2 aromatic carbocycles. The van der Waals surface area contributed by atoms with E-state index in [4.69, 9.17) is 5.14 Å². The highest BCUT2D eigenvalue weighted by molar-refractivity contribution is 7.99. The van der Waals surface area contributed by atoms with Gasteiger partial charge in [0.1, 0.15) is 5.82 Å². The van der Waals surface area contributed by atoms with Gasteiger partial charge in [0.05, 0.1) is 16.4 Å². The number of aryl methyl sites for hydroxylation is 1. The van der Waals surface area contributed by atoms with Crippen molar-refractivity contribution >= 4 is 45.1 Å². The molecule has 0 saturated carbocycles. The number of aromatic nitrogens is 3. The monoisotopic (exact) mass is 463 g/mol. The molecule has 0 radical (unpaired) electrons. The summed E-state index contributed by atoms with van der Waals surface area (Å²) < 4.78 is 24.4. The van der Waals surface area contributed by atoms with E-state index in [0.29, 0.717) is 16.6 Å². The van der Waals surface area contributed by atoms with Gasteiger partial charge in [-0.25, -0.2) is 13.6 Å². The van der Waals surface area contributed by atoms with Crippen molar-refractivity contribution in [3.8, 4) is 0 Å². The summed E-state index contributed by atoms with van der Waals surface area (Å²) in [5, 5.41) is 16.8. The molecule has 0 bridgehead atoms. The molecule has 0 aliphatic carbocycles. The summed E-state index contributed by atoms with van der Waals surface area (Å²) >= 11 is 2.95. The molecule has 3 rings (SSSR count). The van der Waals surface area contributed by atoms with Gasteiger partial charge >= 0.3 is 0 Å². The molecule has 1 heterocycles. The van der Waals surface area contributed by atoms with Crippen molar-refractivity contribution in [1.82, 2.24) is 14.8 Å². The second-order valence-electron chi connectivity index (χ2n) is 6.47. The quantitative estimate of drug-likeness (QED) is 0.493. The molecule has 0 saturated heterocycles. The average molecular weight is 464 g/mol. The Bertz CT molecular complexity index is 1130. The van der Waals surface area contributed by atoms with Gasteiger partial charge in [-0.1, -0.05) is 29.5 Å². The number of thioether (sulfide) groups is 2. The first-order chi connectivity index (χ1) is 14.2. The van der Waals surface area contributed by atoms with Crippen LogP contribution in [0.15, 0.2) is 63.5 Å². The largest absolute Gasteiger partial charge is 0.325 e. The molecule has 3 N–H and O–H groups in total. The van der Waals surface area contributed by atoms with Crippen LogP contribution in [0.3, 0.4) is 0 Å². The molecular weight excluding hydrogens is 442 g/mol. The Kier molecular flexibility index (Phi) is 7.19. The van der Waals surface area contributed by atoms with Crippen LogP contribution in [0.2, 0.25) is 0 Å². The van der Waals surface area contributed by atoms with E-state index < -0.39 is 10.0 Å². The maximum absolute atomic E-state index is 12.2. The van der Waals surface area contributed by atoms with Crippen LogP contribution in [0.1, 0.15) is 11.4 Å². The number of hydrogen-bond donors (Lipinski definition) is 2. The average Bonchev–Trinajstić information content (AvgIpc) is 3.05. The third-order valence-corrected chi connectivity index (χ3v) is 7.07. The molecule has 8 nitrogen and oxygen atoms in total. The highest BCUT2D eigenvalue weighted by Gasteiger charge is 2.13. The lowest BCUT2D eigenvalue weighted by molar-refractivity contribution is -0.113. The molecule has 0 spiro atoms. The number of carbonyl (C=O) groups is 1. The van der Waals surface area contributed by atoms with E-state index in [1.807, 2.05) is 11.6 Å². The van der Waals surface area contributed by atoms with Gasteiger partial charge in [-0.05, 0) is 43.3 Å². The fourth-order valence-corrected chi connectivity index (χ4v) is 4.56. The van der Waals surface area contributed by atoms with Crippen LogP contribution >= 0.6 is 23.5 Å². The first-order valence-electron chi connectivity index (χ1n) is 8.85. The first kappa shape index (κ1) is 22.3. The van der Waals surface area contributed by atoms with Gasteiger partial charge in [-0.2, -0.15) is 0 Å². The van der Waals surface area contributed by atoms with Crippen LogP contribution in [0.4, 0.5) is 5.69 Å². The lowest BCUT2D eigenvalue weighted by Crippen LogP contribution is -2.15. The van der Waals surface area contributed by atoms with Gasteiger partial charge in [0.25, 0.3) is 0 Å². The van der Waals surface area contributed by atoms with Gasteiger partial charge < -0.3 is 9.88 Å². The Balaban J connectivity index is 1.52. The van der Waals surface area contributed by atoms with E-state index >= 15 is 0 Å². The van der Waals surface area contributed by atoms with Crippen LogP contribution in [-0.2, 0) is 27.6 Å². The summed E-state index contributed by atoms with van der Waals surface area (Å²) in [7, 11) is -1.89. The molecule has 1 aromatic heterocycles. The Morgan fingerprint density at radius 3 is 2.37 bits per heavy atom. The van der Waals surface area contributed by atoms with E-state index in [9.17, 15) is 13.2 Å². The highest BCUT2D eigenvalue weighted by atomic mass is 32.2. The molecule has 0 fully saturated rings. The lowest BCUT2D eigenvalue weighted by Gasteiger charge is -2.06. The molecule has 11 heteroatoms. The number of nitrogens with one attached hydrogen (secondary N) is 1. The number of hydrogen-bond acceptors (Lipinski definition) is 7. The summed E-state index contributed by atoms with van der Waals surface area (Å²) in [6.45, 7) is 2.05. The summed E-state index contributed by atoms with van der Waals surface area (Å²) in [6.07, 6.45) is 0. The predicted octanol–water partition coefficient (Wildman–Crippen LogP) is 2.79. The molecule has 0 aliphatic heterocycles. The third kappa shape index (κ3) is 6.08. The smallest absolute Gasteiger partial charge is 0.238 e. The fraction of sp³-hybridized carbons (Fsp3) is 0.211. The van der Waals surface area contributed by atoms with Crippen LogP contribution in [0.5, 0.6) is 0 Å². The van der Waals surface area contributed by atoms with Crippen molar-refractivity contribution in [3.05, 3.63) is 59.9 Å². The minimum atomic E-state index is -3.76. The van der Waals surface area contributed by atoms with E-state index in [-0.39, 0.29) is 16.6 Å². The van der Waals surface area contributed by atoms with Gasteiger partial charge in [-0.3, -0.25) is 4.79 Å². The summed E-state index contributed by atoms with van der Waals surface area (Å²) in [6, 6.07) is 14.0. The first-order valence-corrected chi connectivity index (χ1v) is 12.4. The van der Waals surface area contributed by atoms with Crippen LogP contribution in [0, 0.1) is 6.92 Å². The number of nitrogens with two attached hydrogens (primary N) is 1. The highest BCUT2D eigenvalue weighted by Crippen LogP contribution is 2.24. The molecule has 1 amide bonds. The van der Waals surface area contributed by atoms with Crippen molar-refractivity contribution in [2.75, 3.05) is 11.1 Å². The van der Waals surface area contributed by atoms with E-state index in [1.54, 1.807) is 11.8 Å². The fourth-order valence-electron chi connectivity index (χ4n) is 2.43. The Labute approximate surface area is 183 Å². The zero-order chi connectivity index (χ0) is 21.7. The van der Waals surface area contributed by atoms with Gasteiger partial charge in [0.2, 0.25) is 15.9 Å². The third-order valence-electron chi connectivity index (χ3n) is 4.11. The molecule has 158 valence electrons. The Morgan fingerprint density at radius 2 is 1.73 bits per heavy atom. The second kappa shape index (κ2) is 9.65. The Morgan fingerprint density at radius 1 is 1.07 bits per heavy atom. The van der Waals surface area contributed by atoms with Crippen molar-refractivity contribution in [2.24, 2.45) is 12.2 Å². The lowest BCUT2D eigenvalue weighted by atomic mass is 10.2. The van der Waals surface area contributed by atoms with Gasteiger partial charge in [0.15, 0.2) is 5.16 Å². The Hall–Kier alpha value is -2.34. The van der Waals surface area contributed by atoms with Gasteiger partial charge in [-0.15, -0.1) is 22.0 Å². The maximum atomic E-state index is 12.2. The number of carbonyl (C=O) groups excluding carboxylic acids is 1. The van der Waals surface area contributed by atoms with Crippen LogP contribution in [-0.4, -0.2) is 34.8 Å². The van der Waals surface area contributed by atoms with E-state index in [2.05, 4.69) is 46.7 Å². The number of rotatable bonds is 8. The van der Waals surface area contributed by atoms with Crippen molar-refractivity contribution < 1.29 is 13.2 Å². The molecule has 0 atom stereocenters. The molecular formula is C19H21N5O3S3. The normalized spacial score (nSPS) is 11.4. The minimum absolute atomic E-state index is 0.00926. The molecule has 30 heavy (non-hydrogen) atoms. The maximum Gasteiger partial charge on any atom is 0.238 e. The minimum Gasteiger partial charge on any atom is -0.325 e. The zero-order valence-corrected chi connectivity index (χ0v) is 18.9. The van der Waals surface area contributed by atoms with E-state index in [0.717, 1.165) is 10.7 Å². The second-order valence-corrected chi connectivity index (χ2v) is 10.0. The number of anilines is 1. The standard InChI is InChI=1S/C19H21N5O3S3/c1-13-3-7-15(8-4-13)28-11-17-22-23-19(24(17)2)29-12-18(25)21-14-5-9-16(10-6-14)30(20,26)27/h3-10H,11-12H2,1-2H3,(H,21,25)(H2,20,26,27). The summed E-state index contributed by atoms with van der Waals surface area (Å²) in [4.78, 5) is 13.3. The molecule has 0 aliphatic rings. The molecule has 0 unspecified atom stereocenters. The predicted molar refractivity (Wildman–Crippen MR) is 119 cm³/mol. The van der Waals surface area contributed by atoms with Crippen molar-refractivity contribution in [3.63, 3.8) is 0 Å². The SMILES string of the molecule is Cc1ccc(SCc2nnc(SCC(=O)Nc3ccc(S(N)(=O)=O)cc3)n2C)cc1. The van der Waals surface area contributed by atoms with Crippen LogP contribution in [0.25, 0.3) is 0 Å². The van der Waals surface area contributed by atoms with E-state index in [1.165, 1.54) is 41.6 Å². The van der Waals surface area contributed by atoms with Gasteiger partial charge in [0, 0.05) is 17.6 Å². The molecule has 3 aromatic rings. The number of primary sulfonamides is 1. The van der Waals surface area contributed by atoms with Crippen molar-refractivity contribution in [2.45, 2.75) is 27.6 Å². The summed E-state index contributed by atoms with van der Waals surface area (Å²) in [5.41, 5.74) is 1.71. The topological polar surface area (TPSA) is 120 Å². The van der Waals surface area contributed by atoms with Crippen molar-refractivity contribution in [1.29, 1.82) is 0 Å². The number of amides is 1. The van der Waals surface area contributed by atoms with Crippen LogP contribution < -0.4 is 10.5 Å². The number of nitrogens with zero attached hydrogens (tertiary/aromatic N) is 3.